The Morgan fingerprint density at radius 3 is 2.07 bits per heavy atom. The lowest BCUT2D eigenvalue weighted by Crippen LogP contribution is -2.30. The number of aliphatic hydroxyl groups excluding tert-OH is 1. The molecule has 1 aliphatic carbocycles. The van der Waals surface area contributed by atoms with Gasteiger partial charge in [-0.2, -0.15) is 0 Å². The van der Waals surface area contributed by atoms with Crippen LogP contribution in [-0.4, -0.2) is 44.3 Å². The van der Waals surface area contributed by atoms with E-state index in [0.29, 0.717) is 45.4 Å². The lowest BCUT2D eigenvalue weighted by Gasteiger charge is -2.35. The van der Waals surface area contributed by atoms with Crippen LogP contribution in [0.5, 0.6) is 28.7 Å². The molecule has 0 saturated heterocycles. The van der Waals surface area contributed by atoms with Crippen molar-refractivity contribution in [3.05, 3.63) is 41.0 Å². The molecule has 2 aromatic carbocycles. The smallest absolute Gasteiger partial charge is 0.307 e. The summed E-state index contributed by atoms with van der Waals surface area (Å²) in [5.41, 5.74) is 1.99. The minimum atomic E-state index is -0.994. The lowest BCUT2D eigenvalue weighted by molar-refractivity contribution is -0.143. The molecule has 1 heterocycles. The van der Waals surface area contributed by atoms with E-state index in [1.165, 1.54) is 21.3 Å². The van der Waals surface area contributed by atoms with Gasteiger partial charge in [0.2, 0.25) is 12.5 Å². The number of benzene rings is 2. The fourth-order valence-corrected chi connectivity index (χ4v) is 4.19. The molecular formula is C21H22O8. The Morgan fingerprint density at radius 1 is 0.966 bits per heavy atom. The predicted octanol–water partition coefficient (Wildman–Crippen LogP) is 2.71. The highest BCUT2D eigenvalue weighted by atomic mass is 16.7. The highest BCUT2D eigenvalue weighted by molar-refractivity contribution is 5.74. The van der Waals surface area contributed by atoms with Crippen LogP contribution >= 0.6 is 0 Å². The number of methoxy groups -OCH3 is 3. The summed E-state index contributed by atoms with van der Waals surface area (Å²) in [5, 5.41) is 20.5. The Hall–Kier alpha value is -3.13. The number of fused-ring (bicyclic) bond motifs is 2. The monoisotopic (exact) mass is 402 g/mol. The molecule has 8 nitrogen and oxygen atoms in total. The number of rotatable bonds is 5. The highest BCUT2D eigenvalue weighted by Crippen LogP contribution is 2.51. The number of aliphatic carboxylic acids is 1. The zero-order valence-electron chi connectivity index (χ0n) is 16.3. The van der Waals surface area contributed by atoms with Crippen LogP contribution < -0.4 is 23.7 Å². The summed E-state index contributed by atoms with van der Waals surface area (Å²) in [6.45, 7) is 0.0888. The van der Waals surface area contributed by atoms with E-state index in [1.807, 2.05) is 0 Å². The fraction of sp³-hybridized carbons (Fsp3) is 0.381. The van der Waals surface area contributed by atoms with Crippen LogP contribution in [0.15, 0.2) is 24.3 Å². The SMILES string of the molecule is COc1cc(C2c3cc4c(cc3C(O)CC2C(=O)O)OCO4)cc(OC)c1OC. The number of carboxylic acid groups (broad SMARTS) is 1. The summed E-state index contributed by atoms with van der Waals surface area (Å²) < 4.78 is 27.2. The molecular weight excluding hydrogens is 380 g/mol. The molecule has 0 bridgehead atoms. The van der Waals surface area contributed by atoms with Crippen molar-refractivity contribution < 1.29 is 38.7 Å². The van der Waals surface area contributed by atoms with Gasteiger partial charge in [0.1, 0.15) is 0 Å². The lowest BCUT2D eigenvalue weighted by atomic mass is 9.70. The Morgan fingerprint density at radius 2 is 1.55 bits per heavy atom. The highest BCUT2D eigenvalue weighted by Gasteiger charge is 2.41. The summed E-state index contributed by atoms with van der Waals surface area (Å²) in [6.07, 6.45) is -0.845. The summed E-state index contributed by atoms with van der Waals surface area (Å²) in [5.74, 6) is -0.0354. The molecule has 2 N–H and O–H groups in total. The summed E-state index contributed by atoms with van der Waals surface area (Å²) >= 11 is 0. The normalized spacial score (nSPS) is 22.0. The van der Waals surface area contributed by atoms with E-state index in [-0.39, 0.29) is 13.2 Å². The fourth-order valence-electron chi connectivity index (χ4n) is 4.19. The van der Waals surface area contributed by atoms with E-state index >= 15 is 0 Å². The molecule has 4 rings (SSSR count). The molecule has 0 spiro atoms. The van der Waals surface area contributed by atoms with Crippen molar-refractivity contribution in [2.75, 3.05) is 28.1 Å². The molecule has 0 fully saturated rings. The predicted molar refractivity (Wildman–Crippen MR) is 101 cm³/mol. The van der Waals surface area contributed by atoms with Crippen molar-refractivity contribution in [3.63, 3.8) is 0 Å². The van der Waals surface area contributed by atoms with Gasteiger partial charge < -0.3 is 33.9 Å². The maximum absolute atomic E-state index is 12.1. The molecule has 0 saturated carbocycles. The van der Waals surface area contributed by atoms with Crippen LogP contribution in [0, 0.1) is 5.92 Å². The molecule has 0 amide bonds. The van der Waals surface area contributed by atoms with Crippen LogP contribution in [0.4, 0.5) is 0 Å². The Kier molecular flexibility index (Phi) is 4.87. The minimum absolute atomic E-state index is 0.0727. The van der Waals surface area contributed by atoms with Crippen LogP contribution in [0.3, 0.4) is 0 Å². The van der Waals surface area contributed by atoms with E-state index in [4.69, 9.17) is 23.7 Å². The van der Waals surface area contributed by atoms with Gasteiger partial charge in [0.05, 0.1) is 33.4 Å². The summed E-state index contributed by atoms with van der Waals surface area (Å²) in [4.78, 5) is 12.1. The van der Waals surface area contributed by atoms with Crippen molar-refractivity contribution >= 4 is 5.97 Å². The van der Waals surface area contributed by atoms with Crippen LogP contribution in [0.1, 0.15) is 35.1 Å². The van der Waals surface area contributed by atoms with Gasteiger partial charge in [0.25, 0.3) is 0 Å². The molecule has 2 aromatic rings. The summed E-state index contributed by atoms with van der Waals surface area (Å²) in [6, 6.07) is 6.97. The van der Waals surface area contributed by atoms with Gasteiger partial charge in [-0.25, -0.2) is 0 Å². The van der Waals surface area contributed by atoms with E-state index in [1.54, 1.807) is 24.3 Å². The second-order valence-corrected chi connectivity index (χ2v) is 6.97. The number of hydrogen-bond acceptors (Lipinski definition) is 7. The number of carboxylic acids is 1. The Bertz CT molecular complexity index is 929. The topological polar surface area (TPSA) is 104 Å². The van der Waals surface area contributed by atoms with Crippen LogP contribution in [-0.2, 0) is 4.79 Å². The molecule has 3 atom stereocenters. The van der Waals surface area contributed by atoms with E-state index in [2.05, 4.69) is 0 Å². The average molecular weight is 402 g/mol. The molecule has 8 heteroatoms. The first kappa shape index (κ1) is 19.2. The third-order valence-corrected chi connectivity index (χ3v) is 5.52. The number of hydrogen-bond donors (Lipinski definition) is 2. The molecule has 29 heavy (non-hydrogen) atoms. The zero-order chi connectivity index (χ0) is 20.7. The van der Waals surface area contributed by atoms with Gasteiger partial charge >= 0.3 is 5.97 Å². The molecule has 154 valence electrons. The Labute approximate surface area is 167 Å². The number of carbonyl (C=O) groups is 1. The van der Waals surface area contributed by atoms with E-state index in [9.17, 15) is 15.0 Å². The molecule has 0 radical (unpaired) electrons. The molecule has 3 unspecified atom stereocenters. The quantitative estimate of drug-likeness (QED) is 0.787. The molecule has 1 aliphatic heterocycles. The van der Waals surface area contributed by atoms with Crippen LogP contribution in [0.2, 0.25) is 0 Å². The largest absolute Gasteiger partial charge is 0.493 e. The second kappa shape index (κ2) is 7.36. The van der Waals surface area contributed by atoms with Gasteiger partial charge in [-0.15, -0.1) is 0 Å². The maximum Gasteiger partial charge on any atom is 0.307 e. The van der Waals surface area contributed by atoms with Crippen molar-refractivity contribution in [3.8, 4) is 28.7 Å². The van der Waals surface area contributed by atoms with Gasteiger partial charge in [0.15, 0.2) is 23.0 Å². The zero-order valence-corrected chi connectivity index (χ0v) is 16.3. The Balaban J connectivity index is 1.93. The first-order chi connectivity index (χ1) is 14.0. The van der Waals surface area contributed by atoms with Gasteiger partial charge in [-0.05, 0) is 47.4 Å². The summed E-state index contributed by atoms with van der Waals surface area (Å²) in [7, 11) is 4.52. The van der Waals surface area contributed by atoms with E-state index < -0.39 is 23.9 Å². The standard InChI is InChI=1S/C21H22O8/c1-25-17-4-10(5-18(26-2)20(17)27-3)19-12-8-16-15(28-9-29-16)7-11(12)14(22)6-13(19)21(23)24/h4-5,7-8,13-14,19,22H,6,9H2,1-3H3,(H,23,24). The van der Waals surface area contributed by atoms with Crippen molar-refractivity contribution in [2.45, 2.75) is 18.4 Å². The maximum atomic E-state index is 12.1. The van der Waals surface area contributed by atoms with Crippen molar-refractivity contribution in [1.82, 2.24) is 0 Å². The number of ether oxygens (including phenoxy) is 5. The van der Waals surface area contributed by atoms with Crippen molar-refractivity contribution in [1.29, 1.82) is 0 Å². The van der Waals surface area contributed by atoms with E-state index in [0.717, 1.165) is 0 Å². The van der Waals surface area contributed by atoms with Gasteiger partial charge in [0, 0.05) is 5.92 Å². The second-order valence-electron chi connectivity index (χ2n) is 6.97. The van der Waals surface area contributed by atoms with Crippen LogP contribution in [0.25, 0.3) is 0 Å². The first-order valence-corrected chi connectivity index (χ1v) is 9.12. The van der Waals surface area contributed by atoms with Crippen molar-refractivity contribution in [2.24, 2.45) is 5.92 Å². The first-order valence-electron chi connectivity index (χ1n) is 9.12. The van der Waals surface area contributed by atoms with Gasteiger partial charge in [-0.1, -0.05) is 0 Å². The third-order valence-electron chi connectivity index (χ3n) is 5.52. The number of aliphatic hydroxyl groups is 1. The van der Waals surface area contributed by atoms with Gasteiger partial charge in [-0.3, -0.25) is 4.79 Å². The molecule has 2 aliphatic rings. The average Bonchev–Trinajstić information content (AvgIpc) is 3.18. The third kappa shape index (κ3) is 3.09. The molecule has 0 aromatic heterocycles. The minimum Gasteiger partial charge on any atom is -0.493 e.